The van der Waals surface area contributed by atoms with Crippen LogP contribution < -0.4 is 5.32 Å². The summed E-state index contributed by atoms with van der Waals surface area (Å²) >= 11 is 4.81. The molecule has 0 unspecified atom stereocenters. The van der Waals surface area contributed by atoms with Crippen molar-refractivity contribution >= 4 is 18.1 Å². The first-order valence-corrected chi connectivity index (χ1v) is 4.74. The molecule has 0 saturated carbocycles. The molecular weight excluding hydrogens is 234 g/mol. The van der Waals surface area contributed by atoms with Crippen LogP contribution in [0.4, 0.5) is 0 Å². The van der Waals surface area contributed by atoms with Crippen LogP contribution in [-0.2, 0) is 4.84 Å². The highest BCUT2D eigenvalue weighted by atomic mass is 32.1. The topological polar surface area (TPSA) is 97.3 Å². The summed E-state index contributed by atoms with van der Waals surface area (Å²) in [6.45, 7) is -0.114. The van der Waals surface area contributed by atoms with Gasteiger partial charge in [0.15, 0.2) is 0 Å². The summed E-state index contributed by atoms with van der Waals surface area (Å²) in [5, 5.41) is 11.3. The van der Waals surface area contributed by atoms with Crippen molar-refractivity contribution in [2.45, 2.75) is 0 Å². The zero-order valence-corrected chi connectivity index (χ0v) is 8.95. The number of rotatable bonds is 5. The lowest BCUT2D eigenvalue weighted by molar-refractivity contribution is -0.757. The van der Waals surface area contributed by atoms with Crippen LogP contribution in [0.25, 0.3) is 0 Å². The number of aromatic nitrogens is 1. The van der Waals surface area contributed by atoms with Crippen molar-refractivity contribution in [3.05, 3.63) is 38.6 Å². The van der Waals surface area contributed by atoms with E-state index in [2.05, 4.69) is 15.1 Å². The average Bonchev–Trinajstić information content (AvgIpc) is 2.25. The molecule has 0 bridgehead atoms. The molecule has 0 aliphatic carbocycles. The van der Waals surface area contributed by atoms with Gasteiger partial charge in [-0.05, 0) is 12.1 Å². The van der Waals surface area contributed by atoms with E-state index in [-0.39, 0.29) is 19.1 Å². The van der Waals surface area contributed by atoms with Crippen LogP contribution >= 0.6 is 12.2 Å². The van der Waals surface area contributed by atoms with Gasteiger partial charge in [-0.15, -0.1) is 10.1 Å². The minimum absolute atomic E-state index is 0.0649. The number of amides is 1. The largest absolute Gasteiger partial charge is 0.352 e. The first kappa shape index (κ1) is 12.1. The summed E-state index contributed by atoms with van der Waals surface area (Å²) in [6.07, 6.45) is 1.46. The van der Waals surface area contributed by atoms with Crippen molar-refractivity contribution in [3.8, 4) is 0 Å². The van der Waals surface area contributed by atoms with E-state index < -0.39 is 5.09 Å². The van der Waals surface area contributed by atoms with E-state index in [4.69, 9.17) is 12.2 Å². The van der Waals surface area contributed by atoms with Gasteiger partial charge in [0.2, 0.25) is 0 Å². The number of carbonyl (C=O) groups is 1. The first-order chi connectivity index (χ1) is 7.59. The molecule has 0 aliphatic rings. The molecule has 0 radical (unpaired) electrons. The number of pyridine rings is 1. The lowest BCUT2D eigenvalue weighted by Gasteiger charge is -2.03. The van der Waals surface area contributed by atoms with Gasteiger partial charge >= 0.3 is 0 Å². The van der Waals surface area contributed by atoms with E-state index >= 15 is 0 Å². The van der Waals surface area contributed by atoms with Gasteiger partial charge in [-0.3, -0.25) is 4.79 Å². The SMILES string of the molecule is O=C(NCCO[N+](=O)[O-])c1ccc(=S)[nH]c1. The highest BCUT2D eigenvalue weighted by molar-refractivity contribution is 7.71. The van der Waals surface area contributed by atoms with Crippen molar-refractivity contribution in [1.82, 2.24) is 10.3 Å². The Kier molecular flexibility index (Phi) is 4.40. The smallest absolute Gasteiger partial charge is 0.294 e. The van der Waals surface area contributed by atoms with Crippen molar-refractivity contribution in [2.75, 3.05) is 13.2 Å². The normalized spacial score (nSPS) is 9.50. The highest BCUT2D eigenvalue weighted by Crippen LogP contribution is 1.96. The van der Waals surface area contributed by atoms with Gasteiger partial charge < -0.3 is 15.1 Å². The summed E-state index contributed by atoms with van der Waals surface area (Å²) in [4.78, 5) is 27.9. The van der Waals surface area contributed by atoms with Crippen molar-refractivity contribution < 1.29 is 14.7 Å². The molecule has 0 spiro atoms. The van der Waals surface area contributed by atoms with E-state index in [1.807, 2.05) is 0 Å². The summed E-state index contributed by atoms with van der Waals surface area (Å²) in [5.74, 6) is -0.349. The Morgan fingerprint density at radius 3 is 2.94 bits per heavy atom. The monoisotopic (exact) mass is 243 g/mol. The zero-order chi connectivity index (χ0) is 12.0. The molecule has 7 nitrogen and oxygen atoms in total. The molecule has 1 rings (SSSR count). The third-order valence-corrected chi connectivity index (χ3v) is 1.88. The van der Waals surface area contributed by atoms with Gasteiger partial charge in [0.1, 0.15) is 11.2 Å². The van der Waals surface area contributed by atoms with Crippen LogP contribution in [0.5, 0.6) is 0 Å². The molecule has 0 aromatic carbocycles. The number of nitrogens with one attached hydrogen (secondary N) is 2. The highest BCUT2D eigenvalue weighted by Gasteiger charge is 2.04. The maximum atomic E-state index is 11.4. The summed E-state index contributed by atoms with van der Waals surface area (Å²) in [6, 6.07) is 3.14. The molecule has 0 fully saturated rings. The lowest BCUT2D eigenvalue weighted by atomic mass is 10.3. The van der Waals surface area contributed by atoms with E-state index in [1.54, 1.807) is 12.1 Å². The first-order valence-electron chi connectivity index (χ1n) is 4.34. The number of hydrogen-bond donors (Lipinski definition) is 2. The number of aromatic amines is 1. The van der Waals surface area contributed by atoms with Gasteiger partial charge in [-0.25, -0.2) is 0 Å². The van der Waals surface area contributed by atoms with E-state index in [1.165, 1.54) is 6.20 Å². The van der Waals surface area contributed by atoms with Gasteiger partial charge in [-0.2, -0.15) is 0 Å². The number of nitrogens with zero attached hydrogens (tertiary/aromatic N) is 1. The Morgan fingerprint density at radius 2 is 2.38 bits per heavy atom. The number of H-pyrrole nitrogens is 1. The zero-order valence-electron chi connectivity index (χ0n) is 8.13. The van der Waals surface area contributed by atoms with Crippen LogP contribution in [0, 0.1) is 14.8 Å². The van der Waals surface area contributed by atoms with Crippen LogP contribution in [-0.4, -0.2) is 29.1 Å². The van der Waals surface area contributed by atoms with Crippen LogP contribution in [0.3, 0.4) is 0 Å². The van der Waals surface area contributed by atoms with Crippen LogP contribution in [0.2, 0.25) is 0 Å². The lowest BCUT2D eigenvalue weighted by Crippen LogP contribution is -2.27. The molecule has 8 heteroatoms. The summed E-state index contributed by atoms with van der Waals surface area (Å²) in [7, 11) is 0. The molecule has 1 heterocycles. The fraction of sp³-hybridized carbons (Fsp3) is 0.250. The Labute approximate surface area is 95.5 Å². The molecule has 0 saturated heterocycles. The maximum absolute atomic E-state index is 11.4. The minimum atomic E-state index is -0.911. The summed E-state index contributed by atoms with van der Waals surface area (Å²) in [5.41, 5.74) is 0.398. The van der Waals surface area contributed by atoms with Crippen LogP contribution in [0.1, 0.15) is 10.4 Å². The molecule has 1 aromatic heterocycles. The maximum Gasteiger partial charge on any atom is 0.294 e. The second-order valence-corrected chi connectivity index (χ2v) is 3.19. The number of hydrogen-bond acceptors (Lipinski definition) is 5. The molecule has 86 valence electrons. The minimum Gasteiger partial charge on any atom is -0.352 e. The quantitative estimate of drug-likeness (QED) is 0.343. The number of carbonyl (C=O) groups excluding carboxylic acids is 1. The van der Waals surface area contributed by atoms with E-state index in [0.717, 1.165) is 0 Å². The van der Waals surface area contributed by atoms with Gasteiger partial charge in [-0.1, -0.05) is 12.2 Å². The molecule has 0 aliphatic heterocycles. The van der Waals surface area contributed by atoms with Crippen LogP contribution in [0.15, 0.2) is 18.3 Å². The van der Waals surface area contributed by atoms with Gasteiger partial charge in [0.05, 0.1) is 5.56 Å². The van der Waals surface area contributed by atoms with Gasteiger partial charge in [0, 0.05) is 12.7 Å². The Bertz CT molecular complexity index is 425. The van der Waals surface area contributed by atoms with E-state index in [9.17, 15) is 14.9 Å². The Hall–Kier alpha value is -1.96. The second-order valence-electron chi connectivity index (χ2n) is 2.75. The predicted molar refractivity (Wildman–Crippen MR) is 56.9 cm³/mol. The molecule has 16 heavy (non-hydrogen) atoms. The van der Waals surface area contributed by atoms with Crippen molar-refractivity contribution in [1.29, 1.82) is 0 Å². The molecule has 1 amide bonds. The van der Waals surface area contributed by atoms with Crippen molar-refractivity contribution in [3.63, 3.8) is 0 Å². The summed E-state index contributed by atoms with van der Waals surface area (Å²) < 4.78 is 0.522. The Morgan fingerprint density at radius 1 is 1.62 bits per heavy atom. The second kappa shape index (κ2) is 5.81. The molecule has 1 aromatic rings. The Balaban J connectivity index is 2.38. The molecule has 2 N–H and O–H groups in total. The standard InChI is InChI=1S/C8H9N3O4S/c12-8(9-3-4-15-11(13)14)6-1-2-7(16)10-5-6/h1-2,5H,3-4H2,(H,9,12)(H,10,16). The average molecular weight is 243 g/mol. The molecule has 0 atom stereocenters. The van der Waals surface area contributed by atoms with E-state index in [0.29, 0.717) is 10.2 Å². The third kappa shape index (κ3) is 4.05. The fourth-order valence-corrected chi connectivity index (χ4v) is 1.07. The third-order valence-electron chi connectivity index (χ3n) is 1.63. The van der Waals surface area contributed by atoms with Crippen molar-refractivity contribution in [2.24, 2.45) is 0 Å². The van der Waals surface area contributed by atoms with Gasteiger partial charge in [0.25, 0.3) is 11.0 Å². The predicted octanol–water partition coefficient (Wildman–Crippen LogP) is 0.682. The fourth-order valence-electron chi connectivity index (χ4n) is 0.939. The molecular formula is C8H9N3O4S.